The summed E-state index contributed by atoms with van der Waals surface area (Å²) in [7, 11) is 3.90. The van der Waals surface area contributed by atoms with E-state index in [-0.39, 0.29) is 12.3 Å². The van der Waals surface area contributed by atoms with Crippen LogP contribution >= 0.6 is 0 Å². The molecule has 8 nitrogen and oxygen atoms in total. The van der Waals surface area contributed by atoms with E-state index in [1.165, 1.54) is 0 Å². The van der Waals surface area contributed by atoms with Crippen molar-refractivity contribution in [1.29, 1.82) is 0 Å². The Labute approximate surface area is 167 Å². The Morgan fingerprint density at radius 3 is 2.72 bits per heavy atom. The average molecular weight is 390 g/mol. The van der Waals surface area contributed by atoms with Gasteiger partial charge in [-0.3, -0.25) is 9.20 Å². The first-order chi connectivity index (χ1) is 14.0. The molecule has 8 heteroatoms. The van der Waals surface area contributed by atoms with Gasteiger partial charge >= 0.3 is 0 Å². The predicted octanol–water partition coefficient (Wildman–Crippen LogP) is 2.82. The summed E-state index contributed by atoms with van der Waals surface area (Å²) in [5, 5.41) is 5.19. The normalized spacial score (nSPS) is 14.0. The molecule has 0 spiro atoms. The van der Waals surface area contributed by atoms with Gasteiger partial charge in [-0.1, -0.05) is 23.4 Å². The van der Waals surface area contributed by atoms with Crippen LogP contribution in [0.15, 0.2) is 28.8 Å². The minimum Gasteiger partial charge on any atom is -0.369 e. The fourth-order valence-electron chi connectivity index (χ4n) is 3.94. The third kappa shape index (κ3) is 2.74. The first kappa shape index (κ1) is 17.7. The summed E-state index contributed by atoms with van der Waals surface area (Å²) in [6, 6.07) is 7.98. The summed E-state index contributed by atoms with van der Waals surface area (Å²) in [6.45, 7) is 1.99. The Morgan fingerprint density at radius 2 is 2.03 bits per heavy atom. The van der Waals surface area contributed by atoms with Gasteiger partial charge < -0.3 is 15.2 Å². The van der Waals surface area contributed by atoms with Crippen molar-refractivity contribution in [3.63, 3.8) is 0 Å². The van der Waals surface area contributed by atoms with Crippen molar-refractivity contribution < 1.29 is 9.32 Å². The van der Waals surface area contributed by atoms with Crippen LogP contribution in [0.2, 0.25) is 0 Å². The van der Waals surface area contributed by atoms with Gasteiger partial charge in [-0.2, -0.15) is 4.98 Å². The second-order valence-electron chi connectivity index (χ2n) is 7.83. The molecule has 0 radical (unpaired) electrons. The van der Waals surface area contributed by atoms with Gasteiger partial charge in [-0.05, 0) is 37.0 Å². The molecule has 4 aromatic rings. The van der Waals surface area contributed by atoms with Crippen LogP contribution in [0, 0.1) is 6.92 Å². The number of aromatic nitrogens is 4. The summed E-state index contributed by atoms with van der Waals surface area (Å²) in [5.74, 6) is 1.90. The van der Waals surface area contributed by atoms with Gasteiger partial charge in [-0.15, -0.1) is 0 Å². The summed E-state index contributed by atoms with van der Waals surface area (Å²) < 4.78 is 7.58. The van der Waals surface area contributed by atoms with E-state index in [4.69, 9.17) is 15.2 Å². The quantitative estimate of drug-likeness (QED) is 0.562. The number of nitrogens with zero attached hydrogens (tertiary/aromatic N) is 5. The number of pyridine rings is 1. The number of nitrogens with two attached hydrogens (primary N) is 1. The largest absolute Gasteiger partial charge is 0.369 e. The molecular weight excluding hydrogens is 368 g/mol. The van der Waals surface area contributed by atoms with Crippen molar-refractivity contribution in [1.82, 2.24) is 19.5 Å². The average Bonchev–Trinajstić information content (AvgIpc) is 3.27. The van der Waals surface area contributed by atoms with E-state index < -0.39 is 0 Å². The fourth-order valence-corrected chi connectivity index (χ4v) is 3.94. The van der Waals surface area contributed by atoms with Crippen LogP contribution in [-0.2, 0) is 11.2 Å². The standard InChI is InChI=1S/C21H22N6O2/c1-11-14(10-16(22)28)13-6-4-5-7-15(13)27-18(11)17(23-21(27)26(2)3)19-24-20(29-25-19)12-8-9-12/h4-7,12H,8-10H2,1-3H3,(H2,22,28). The van der Waals surface area contributed by atoms with Crippen molar-refractivity contribution in [2.24, 2.45) is 5.73 Å². The molecule has 1 aliphatic rings. The lowest BCUT2D eigenvalue weighted by molar-refractivity contribution is -0.117. The third-order valence-electron chi connectivity index (χ3n) is 5.47. The summed E-state index contributed by atoms with van der Waals surface area (Å²) >= 11 is 0. The first-order valence-corrected chi connectivity index (χ1v) is 9.68. The van der Waals surface area contributed by atoms with Crippen LogP contribution in [0.25, 0.3) is 27.9 Å². The number of rotatable bonds is 5. The minimum absolute atomic E-state index is 0.157. The third-order valence-corrected chi connectivity index (χ3v) is 5.47. The molecule has 3 aromatic heterocycles. The van der Waals surface area contributed by atoms with Crippen LogP contribution in [-0.4, -0.2) is 39.5 Å². The lowest BCUT2D eigenvalue weighted by atomic mass is 9.98. The van der Waals surface area contributed by atoms with Crippen molar-refractivity contribution in [2.75, 3.05) is 19.0 Å². The Morgan fingerprint density at radius 1 is 1.28 bits per heavy atom. The lowest BCUT2D eigenvalue weighted by Gasteiger charge is -2.16. The summed E-state index contributed by atoms with van der Waals surface area (Å²) in [6.07, 6.45) is 2.33. The fraction of sp³-hybridized carbons (Fsp3) is 0.333. The smallest absolute Gasteiger partial charge is 0.230 e. The highest BCUT2D eigenvalue weighted by Gasteiger charge is 2.31. The number of fused-ring (bicyclic) bond motifs is 3. The molecule has 0 unspecified atom stereocenters. The maximum Gasteiger partial charge on any atom is 0.230 e. The molecule has 0 saturated heterocycles. The molecule has 1 amide bonds. The van der Waals surface area contributed by atoms with Gasteiger partial charge in [0.25, 0.3) is 0 Å². The molecule has 1 aromatic carbocycles. The van der Waals surface area contributed by atoms with E-state index in [0.717, 1.165) is 46.3 Å². The number of para-hydroxylation sites is 1. The lowest BCUT2D eigenvalue weighted by Crippen LogP contribution is -2.16. The van der Waals surface area contributed by atoms with E-state index in [2.05, 4.69) is 14.5 Å². The van der Waals surface area contributed by atoms with E-state index in [9.17, 15) is 4.79 Å². The van der Waals surface area contributed by atoms with Crippen molar-refractivity contribution in [3.05, 3.63) is 41.3 Å². The number of hydrogen-bond acceptors (Lipinski definition) is 6. The topological polar surface area (TPSA) is 103 Å². The van der Waals surface area contributed by atoms with Gasteiger partial charge in [0.1, 0.15) is 5.69 Å². The Hall–Kier alpha value is -3.42. The number of anilines is 1. The molecule has 148 valence electrons. The molecule has 2 N–H and O–H groups in total. The molecule has 3 heterocycles. The zero-order valence-corrected chi connectivity index (χ0v) is 16.6. The molecular formula is C21H22N6O2. The predicted molar refractivity (Wildman–Crippen MR) is 110 cm³/mol. The highest BCUT2D eigenvalue weighted by atomic mass is 16.5. The number of aryl methyl sites for hydroxylation is 1. The van der Waals surface area contributed by atoms with Crippen LogP contribution in [0.5, 0.6) is 0 Å². The highest BCUT2D eigenvalue weighted by Crippen LogP contribution is 2.41. The molecule has 0 aliphatic heterocycles. The molecule has 0 atom stereocenters. The maximum absolute atomic E-state index is 11.8. The second-order valence-corrected chi connectivity index (χ2v) is 7.83. The molecule has 1 aliphatic carbocycles. The molecule has 0 bridgehead atoms. The molecule has 1 saturated carbocycles. The monoisotopic (exact) mass is 390 g/mol. The Bertz CT molecular complexity index is 1270. The molecule has 1 fully saturated rings. The van der Waals surface area contributed by atoms with Gasteiger partial charge in [-0.25, -0.2) is 4.98 Å². The zero-order chi connectivity index (χ0) is 20.3. The first-order valence-electron chi connectivity index (χ1n) is 9.68. The number of carbonyl (C=O) groups excluding carboxylic acids is 1. The van der Waals surface area contributed by atoms with Crippen molar-refractivity contribution in [2.45, 2.75) is 32.1 Å². The number of carbonyl (C=O) groups is 1. The van der Waals surface area contributed by atoms with E-state index in [0.29, 0.717) is 23.3 Å². The maximum atomic E-state index is 11.8. The summed E-state index contributed by atoms with van der Waals surface area (Å²) in [4.78, 5) is 23.2. The summed E-state index contributed by atoms with van der Waals surface area (Å²) in [5.41, 5.74) is 9.88. The van der Waals surface area contributed by atoms with E-state index in [1.807, 2.05) is 50.2 Å². The highest BCUT2D eigenvalue weighted by molar-refractivity contribution is 5.96. The van der Waals surface area contributed by atoms with Crippen molar-refractivity contribution in [3.8, 4) is 11.5 Å². The Kier molecular flexibility index (Phi) is 3.84. The van der Waals surface area contributed by atoms with Crippen molar-refractivity contribution >= 4 is 28.3 Å². The van der Waals surface area contributed by atoms with Crippen LogP contribution in [0.1, 0.15) is 35.8 Å². The van der Waals surface area contributed by atoms with Gasteiger partial charge in [0.15, 0.2) is 0 Å². The van der Waals surface area contributed by atoms with Gasteiger partial charge in [0, 0.05) is 25.4 Å². The SMILES string of the molecule is Cc1c(CC(N)=O)c2ccccc2n2c(N(C)C)nc(-c3noc(C4CC4)n3)c12. The van der Waals surface area contributed by atoms with E-state index in [1.54, 1.807) is 0 Å². The van der Waals surface area contributed by atoms with Crippen LogP contribution in [0.3, 0.4) is 0 Å². The van der Waals surface area contributed by atoms with Gasteiger partial charge in [0.05, 0.1) is 17.5 Å². The molecule has 29 heavy (non-hydrogen) atoms. The number of hydrogen-bond donors (Lipinski definition) is 1. The number of imidazole rings is 1. The Balaban J connectivity index is 1.88. The number of benzene rings is 1. The van der Waals surface area contributed by atoms with Crippen LogP contribution in [0.4, 0.5) is 5.95 Å². The number of amides is 1. The second kappa shape index (κ2) is 6.30. The zero-order valence-electron chi connectivity index (χ0n) is 16.6. The molecule has 5 rings (SSSR count). The number of primary amides is 1. The van der Waals surface area contributed by atoms with Gasteiger partial charge in [0.2, 0.25) is 23.6 Å². The van der Waals surface area contributed by atoms with Crippen LogP contribution < -0.4 is 10.6 Å². The minimum atomic E-state index is -0.368. The van der Waals surface area contributed by atoms with E-state index >= 15 is 0 Å².